The molecule has 0 amide bonds. The van der Waals surface area contributed by atoms with E-state index in [4.69, 9.17) is 0 Å². The van der Waals surface area contributed by atoms with Crippen LogP contribution in [0.4, 0.5) is 17.6 Å². The molecule has 4 rings (SSSR count). The van der Waals surface area contributed by atoms with E-state index in [1.807, 2.05) is 13.0 Å². The Labute approximate surface area is 145 Å². The first kappa shape index (κ1) is 15.4. The maximum absolute atomic E-state index is 4.63. The fourth-order valence-corrected chi connectivity index (χ4v) is 3.01. The first-order valence-corrected chi connectivity index (χ1v) is 8.18. The maximum atomic E-state index is 4.63. The molecule has 1 aliphatic rings. The quantitative estimate of drug-likeness (QED) is 0.775. The molecule has 8 nitrogen and oxygen atoms in total. The van der Waals surface area contributed by atoms with Crippen molar-refractivity contribution in [2.24, 2.45) is 0 Å². The Hall–Kier alpha value is -3.16. The molecule has 1 N–H and O–H groups in total. The summed E-state index contributed by atoms with van der Waals surface area (Å²) >= 11 is 0. The molecule has 1 saturated heterocycles. The zero-order valence-corrected chi connectivity index (χ0v) is 13.9. The maximum Gasteiger partial charge on any atom is 0.228 e. The summed E-state index contributed by atoms with van der Waals surface area (Å²) in [6, 6.07) is 3.76. The molecule has 8 heteroatoms. The number of hydrogen-bond acceptors (Lipinski definition) is 8. The topological polar surface area (TPSA) is 92.6 Å². The third-order valence-electron chi connectivity index (χ3n) is 4.14. The molecule has 0 spiro atoms. The van der Waals surface area contributed by atoms with Crippen LogP contribution in [0, 0.1) is 6.92 Å². The lowest BCUT2D eigenvalue weighted by Gasteiger charge is -2.17. The number of hydrogen-bond donors (Lipinski definition) is 1. The van der Waals surface area contributed by atoms with Crippen LogP contribution in [-0.2, 0) is 0 Å². The summed E-state index contributed by atoms with van der Waals surface area (Å²) in [5.74, 6) is 3.22. The molecule has 1 atom stereocenters. The molecule has 3 aromatic rings. The van der Waals surface area contributed by atoms with Crippen molar-refractivity contribution in [2.75, 3.05) is 23.3 Å². The van der Waals surface area contributed by atoms with Crippen molar-refractivity contribution >= 4 is 17.6 Å². The Morgan fingerprint density at radius 2 is 1.96 bits per heavy atom. The second-order valence-electron chi connectivity index (χ2n) is 5.92. The zero-order chi connectivity index (χ0) is 17.1. The third-order valence-corrected chi connectivity index (χ3v) is 4.14. The summed E-state index contributed by atoms with van der Waals surface area (Å²) in [7, 11) is 0. The minimum Gasteiger partial charge on any atom is -0.355 e. The van der Waals surface area contributed by atoms with Crippen LogP contribution in [-0.4, -0.2) is 43.0 Å². The highest BCUT2D eigenvalue weighted by atomic mass is 15.2. The van der Waals surface area contributed by atoms with E-state index in [-0.39, 0.29) is 0 Å². The normalized spacial score (nSPS) is 16.8. The standard InChI is InChI=1S/C17H18N8/c1-12-22-14(9-15(23-12)24-17-20-4-2-5-21-17)13-3-8-25(11-13)16-10-18-6-7-19-16/h2,4-7,9-10,13H,3,8,11H2,1H3,(H,20,21,22,23,24). The van der Waals surface area contributed by atoms with E-state index in [1.165, 1.54) is 0 Å². The monoisotopic (exact) mass is 334 g/mol. The predicted octanol–water partition coefficient (Wildman–Crippen LogP) is 2.10. The van der Waals surface area contributed by atoms with Crippen LogP contribution in [0.15, 0.2) is 43.1 Å². The predicted molar refractivity (Wildman–Crippen MR) is 93.7 cm³/mol. The van der Waals surface area contributed by atoms with Crippen molar-refractivity contribution in [2.45, 2.75) is 19.3 Å². The van der Waals surface area contributed by atoms with Gasteiger partial charge < -0.3 is 10.2 Å². The Morgan fingerprint density at radius 1 is 1.08 bits per heavy atom. The van der Waals surface area contributed by atoms with Crippen molar-refractivity contribution < 1.29 is 0 Å². The minimum atomic E-state index is 0.334. The van der Waals surface area contributed by atoms with E-state index in [9.17, 15) is 0 Å². The van der Waals surface area contributed by atoms with Gasteiger partial charge in [-0.3, -0.25) is 4.98 Å². The lowest BCUT2D eigenvalue weighted by Crippen LogP contribution is -2.20. The number of aromatic nitrogens is 6. The van der Waals surface area contributed by atoms with E-state index >= 15 is 0 Å². The second-order valence-corrected chi connectivity index (χ2v) is 5.92. The van der Waals surface area contributed by atoms with E-state index in [1.54, 1.807) is 37.1 Å². The van der Waals surface area contributed by atoms with Gasteiger partial charge in [0.15, 0.2) is 0 Å². The van der Waals surface area contributed by atoms with Gasteiger partial charge in [-0.25, -0.2) is 24.9 Å². The summed E-state index contributed by atoms with van der Waals surface area (Å²) in [5, 5.41) is 3.14. The third kappa shape index (κ3) is 3.52. The van der Waals surface area contributed by atoms with Crippen molar-refractivity contribution in [1.29, 1.82) is 0 Å². The fraction of sp³-hybridized carbons (Fsp3) is 0.294. The van der Waals surface area contributed by atoms with Crippen LogP contribution in [0.2, 0.25) is 0 Å². The molecule has 126 valence electrons. The Balaban J connectivity index is 1.53. The van der Waals surface area contributed by atoms with Crippen molar-refractivity contribution in [1.82, 2.24) is 29.9 Å². The number of nitrogens with one attached hydrogen (secondary N) is 1. The summed E-state index contributed by atoms with van der Waals surface area (Å²) in [6.45, 7) is 3.71. The minimum absolute atomic E-state index is 0.334. The largest absolute Gasteiger partial charge is 0.355 e. The number of aryl methyl sites for hydroxylation is 1. The first-order valence-electron chi connectivity index (χ1n) is 8.18. The lowest BCUT2D eigenvalue weighted by molar-refractivity contribution is 0.733. The Morgan fingerprint density at radius 3 is 2.76 bits per heavy atom. The fourth-order valence-electron chi connectivity index (χ4n) is 3.01. The van der Waals surface area contributed by atoms with Crippen molar-refractivity contribution in [3.05, 3.63) is 54.6 Å². The van der Waals surface area contributed by atoms with E-state index in [2.05, 4.69) is 40.1 Å². The molecule has 1 unspecified atom stereocenters. The second kappa shape index (κ2) is 6.76. The van der Waals surface area contributed by atoms with Gasteiger partial charge in [-0.1, -0.05) is 0 Å². The van der Waals surface area contributed by atoms with Crippen LogP contribution in [0.5, 0.6) is 0 Å². The highest BCUT2D eigenvalue weighted by molar-refractivity contribution is 5.48. The summed E-state index contributed by atoms with van der Waals surface area (Å²) in [6.07, 6.45) is 9.62. The van der Waals surface area contributed by atoms with Crippen LogP contribution in [0.1, 0.15) is 23.9 Å². The molecule has 0 aromatic carbocycles. The highest BCUT2D eigenvalue weighted by Crippen LogP contribution is 2.29. The van der Waals surface area contributed by atoms with E-state index < -0.39 is 0 Å². The van der Waals surface area contributed by atoms with Gasteiger partial charge in [-0.2, -0.15) is 0 Å². The first-order chi connectivity index (χ1) is 12.3. The summed E-state index contributed by atoms with van der Waals surface area (Å²) < 4.78 is 0. The summed E-state index contributed by atoms with van der Waals surface area (Å²) in [5.41, 5.74) is 1.03. The molecule has 4 heterocycles. The Bertz CT molecular complexity index is 840. The highest BCUT2D eigenvalue weighted by Gasteiger charge is 2.26. The van der Waals surface area contributed by atoms with Gasteiger partial charge in [-0.05, 0) is 19.4 Å². The molecular weight excluding hydrogens is 316 g/mol. The number of anilines is 3. The van der Waals surface area contributed by atoms with Crippen molar-refractivity contribution in [3.63, 3.8) is 0 Å². The molecule has 0 aliphatic carbocycles. The molecule has 0 radical (unpaired) electrons. The molecular formula is C17H18N8. The molecule has 0 bridgehead atoms. The van der Waals surface area contributed by atoms with Crippen LogP contribution < -0.4 is 10.2 Å². The van der Waals surface area contributed by atoms with E-state index in [0.717, 1.165) is 36.8 Å². The van der Waals surface area contributed by atoms with Gasteiger partial charge in [0.2, 0.25) is 5.95 Å². The molecule has 25 heavy (non-hydrogen) atoms. The number of nitrogens with zero attached hydrogens (tertiary/aromatic N) is 7. The average Bonchev–Trinajstić information content (AvgIpc) is 3.13. The van der Waals surface area contributed by atoms with Gasteiger partial charge in [0.25, 0.3) is 0 Å². The van der Waals surface area contributed by atoms with Gasteiger partial charge >= 0.3 is 0 Å². The SMILES string of the molecule is Cc1nc(Nc2ncccn2)cc(C2CCN(c3cnccn3)C2)n1. The molecule has 3 aromatic heterocycles. The molecule has 1 fully saturated rings. The van der Waals surface area contributed by atoms with Gasteiger partial charge in [-0.15, -0.1) is 0 Å². The van der Waals surface area contributed by atoms with Gasteiger partial charge in [0, 0.05) is 49.9 Å². The van der Waals surface area contributed by atoms with Gasteiger partial charge in [0.05, 0.1) is 11.9 Å². The number of rotatable bonds is 4. The van der Waals surface area contributed by atoms with Crippen LogP contribution in [0.25, 0.3) is 0 Å². The zero-order valence-electron chi connectivity index (χ0n) is 13.9. The molecule has 1 aliphatic heterocycles. The average molecular weight is 334 g/mol. The van der Waals surface area contributed by atoms with E-state index in [0.29, 0.717) is 17.7 Å². The van der Waals surface area contributed by atoms with Crippen molar-refractivity contribution in [3.8, 4) is 0 Å². The lowest BCUT2D eigenvalue weighted by atomic mass is 10.0. The van der Waals surface area contributed by atoms with Crippen LogP contribution in [0.3, 0.4) is 0 Å². The summed E-state index contributed by atoms with van der Waals surface area (Å²) in [4.78, 5) is 28.2. The smallest absolute Gasteiger partial charge is 0.228 e. The Kier molecular flexibility index (Phi) is 4.16. The van der Waals surface area contributed by atoms with Crippen LogP contribution >= 0.6 is 0 Å². The molecule has 0 saturated carbocycles. The van der Waals surface area contributed by atoms with Gasteiger partial charge in [0.1, 0.15) is 17.5 Å².